The van der Waals surface area contributed by atoms with Gasteiger partial charge in [-0.3, -0.25) is 0 Å². The molecule has 0 bridgehead atoms. The Kier molecular flexibility index (Phi) is 6.67. The van der Waals surface area contributed by atoms with Gasteiger partial charge in [0.1, 0.15) is 5.75 Å². The molecular formula is C16H26ClNO. The van der Waals surface area contributed by atoms with Crippen LogP contribution in [0.15, 0.2) is 18.2 Å². The fourth-order valence-corrected chi connectivity index (χ4v) is 2.27. The lowest BCUT2D eigenvalue weighted by Gasteiger charge is -2.22. The van der Waals surface area contributed by atoms with E-state index in [1.54, 1.807) is 7.11 Å². The highest BCUT2D eigenvalue weighted by Gasteiger charge is 2.15. The van der Waals surface area contributed by atoms with Crippen molar-refractivity contribution in [3.8, 4) is 5.75 Å². The Labute approximate surface area is 122 Å². The zero-order chi connectivity index (χ0) is 14.4. The zero-order valence-corrected chi connectivity index (χ0v) is 13.4. The first-order chi connectivity index (χ1) is 8.93. The SMILES string of the molecule is COc1ccc(Cl)cc1CC(C)C(C)CNC(C)C. The normalized spacial score (nSPS) is 14.5. The summed E-state index contributed by atoms with van der Waals surface area (Å²) in [5.74, 6) is 2.13. The van der Waals surface area contributed by atoms with Gasteiger partial charge in [-0.2, -0.15) is 0 Å². The number of halogens is 1. The molecule has 0 aliphatic carbocycles. The van der Waals surface area contributed by atoms with E-state index >= 15 is 0 Å². The third-order valence-electron chi connectivity index (χ3n) is 3.60. The van der Waals surface area contributed by atoms with E-state index in [0.29, 0.717) is 17.9 Å². The third kappa shape index (κ3) is 5.42. The molecule has 0 aliphatic rings. The van der Waals surface area contributed by atoms with Gasteiger partial charge >= 0.3 is 0 Å². The van der Waals surface area contributed by atoms with Gasteiger partial charge in [0.25, 0.3) is 0 Å². The van der Waals surface area contributed by atoms with Gasteiger partial charge in [0.05, 0.1) is 7.11 Å². The Morgan fingerprint density at radius 3 is 2.42 bits per heavy atom. The maximum Gasteiger partial charge on any atom is 0.122 e. The first kappa shape index (κ1) is 16.3. The lowest BCUT2D eigenvalue weighted by Crippen LogP contribution is -2.31. The summed E-state index contributed by atoms with van der Waals surface area (Å²) in [6, 6.07) is 6.37. The number of hydrogen-bond acceptors (Lipinski definition) is 2. The van der Waals surface area contributed by atoms with E-state index in [2.05, 4.69) is 33.0 Å². The van der Waals surface area contributed by atoms with Gasteiger partial charge in [0, 0.05) is 11.1 Å². The van der Waals surface area contributed by atoms with Gasteiger partial charge in [-0.1, -0.05) is 39.3 Å². The van der Waals surface area contributed by atoms with Gasteiger partial charge in [0.2, 0.25) is 0 Å². The van der Waals surface area contributed by atoms with Crippen molar-refractivity contribution in [2.24, 2.45) is 11.8 Å². The summed E-state index contributed by atoms with van der Waals surface area (Å²) >= 11 is 6.07. The summed E-state index contributed by atoms with van der Waals surface area (Å²) in [6.45, 7) is 9.97. The molecular weight excluding hydrogens is 258 g/mol. The van der Waals surface area contributed by atoms with Crippen molar-refractivity contribution in [2.45, 2.75) is 40.2 Å². The molecule has 2 unspecified atom stereocenters. The minimum absolute atomic E-state index is 0.537. The van der Waals surface area contributed by atoms with Crippen LogP contribution in [0.5, 0.6) is 5.75 Å². The molecule has 0 saturated heterocycles. The molecule has 1 N–H and O–H groups in total. The third-order valence-corrected chi connectivity index (χ3v) is 3.84. The van der Waals surface area contributed by atoms with Crippen LogP contribution in [0.3, 0.4) is 0 Å². The number of ether oxygens (including phenoxy) is 1. The van der Waals surface area contributed by atoms with Gasteiger partial charge in [-0.15, -0.1) is 0 Å². The Balaban J connectivity index is 2.65. The van der Waals surface area contributed by atoms with Gasteiger partial charge in [-0.25, -0.2) is 0 Å². The van der Waals surface area contributed by atoms with Crippen LogP contribution in [-0.2, 0) is 6.42 Å². The van der Waals surface area contributed by atoms with Crippen molar-refractivity contribution in [1.82, 2.24) is 5.32 Å². The Morgan fingerprint density at radius 1 is 1.16 bits per heavy atom. The molecule has 19 heavy (non-hydrogen) atoms. The molecule has 1 aromatic carbocycles. The summed E-state index contributed by atoms with van der Waals surface area (Å²) in [5, 5.41) is 4.27. The van der Waals surface area contributed by atoms with Crippen molar-refractivity contribution >= 4 is 11.6 Å². The topological polar surface area (TPSA) is 21.3 Å². The maximum atomic E-state index is 6.07. The van der Waals surface area contributed by atoms with Crippen LogP contribution in [0, 0.1) is 11.8 Å². The first-order valence-electron chi connectivity index (χ1n) is 6.99. The van der Waals surface area contributed by atoms with Crippen LogP contribution in [-0.4, -0.2) is 19.7 Å². The van der Waals surface area contributed by atoms with E-state index in [1.165, 1.54) is 5.56 Å². The highest BCUT2D eigenvalue weighted by Crippen LogP contribution is 2.27. The van der Waals surface area contributed by atoms with E-state index < -0.39 is 0 Å². The summed E-state index contributed by atoms with van der Waals surface area (Å²) < 4.78 is 5.40. The van der Waals surface area contributed by atoms with E-state index in [9.17, 15) is 0 Å². The summed E-state index contributed by atoms with van der Waals surface area (Å²) in [4.78, 5) is 0. The Morgan fingerprint density at radius 2 is 1.84 bits per heavy atom. The lowest BCUT2D eigenvalue weighted by atomic mass is 9.89. The van der Waals surface area contributed by atoms with Crippen molar-refractivity contribution < 1.29 is 4.74 Å². The second kappa shape index (κ2) is 7.76. The monoisotopic (exact) mass is 283 g/mol. The van der Waals surface area contributed by atoms with E-state index in [-0.39, 0.29) is 0 Å². The van der Waals surface area contributed by atoms with Crippen molar-refractivity contribution in [2.75, 3.05) is 13.7 Å². The van der Waals surface area contributed by atoms with Gasteiger partial charge in [-0.05, 0) is 48.6 Å². The second-order valence-electron chi connectivity index (χ2n) is 5.68. The van der Waals surface area contributed by atoms with E-state index in [1.807, 2.05) is 18.2 Å². The molecule has 0 fully saturated rings. The number of nitrogens with one attached hydrogen (secondary N) is 1. The average Bonchev–Trinajstić information content (AvgIpc) is 2.36. The highest BCUT2D eigenvalue weighted by molar-refractivity contribution is 6.30. The highest BCUT2D eigenvalue weighted by atomic mass is 35.5. The number of hydrogen-bond donors (Lipinski definition) is 1. The lowest BCUT2D eigenvalue weighted by molar-refractivity contribution is 0.346. The fraction of sp³-hybridized carbons (Fsp3) is 0.625. The molecule has 0 heterocycles. The molecule has 3 heteroatoms. The minimum Gasteiger partial charge on any atom is -0.496 e. The van der Waals surface area contributed by atoms with E-state index in [4.69, 9.17) is 16.3 Å². The molecule has 0 aliphatic heterocycles. The Bertz CT molecular complexity index is 392. The van der Waals surface area contributed by atoms with E-state index in [0.717, 1.165) is 23.7 Å². The number of benzene rings is 1. The second-order valence-corrected chi connectivity index (χ2v) is 6.11. The van der Waals surface area contributed by atoms with Crippen LogP contribution in [0.4, 0.5) is 0 Å². The summed E-state index contributed by atoms with van der Waals surface area (Å²) in [7, 11) is 1.71. The largest absolute Gasteiger partial charge is 0.496 e. The fourth-order valence-electron chi connectivity index (χ4n) is 2.08. The first-order valence-corrected chi connectivity index (χ1v) is 7.37. The van der Waals surface area contributed by atoms with Crippen LogP contribution in [0.2, 0.25) is 5.02 Å². The molecule has 0 spiro atoms. The number of rotatable bonds is 7. The predicted octanol–water partition coefficient (Wildman–Crippen LogP) is 4.16. The van der Waals surface area contributed by atoms with Gasteiger partial charge in [0.15, 0.2) is 0 Å². The zero-order valence-electron chi connectivity index (χ0n) is 12.7. The average molecular weight is 284 g/mol. The quantitative estimate of drug-likeness (QED) is 0.811. The molecule has 1 rings (SSSR count). The molecule has 1 aromatic rings. The molecule has 2 nitrogen and oxygen atoms in total. The van der Waals surface area contributed by atoms with Crippen LogP contribution < -0.4 is 10.1 Å². The molecule has 0 saturated carbocycles. The molecule has 108 valence electrons. The van der Waals surface area contributed by atoms with Crippen molar-refractivity contribution in [3.05, 3.63) is 28.8 Å². The molecule has 0 amide bonds. The van der Waals surface area contributed by atoms with Crippen LogP contribution in [0.25, 0.3) is 0 Å². The number of methoxy groups -OCH3 is 1. The standard InChI is InChI=1S/C16H26ClNO/c1-11(2)18-10-13(4)12(3)8-14-9-15(17)6-7-16(14)19-5/h6-7,9,11-13,18H,8,10H2,1-5H3. The summed E-state index contributed by atoms with van der Waals surface area (Å²) in [6.07, 6.45) is 0.991. The summed E-state index contributed by atoms with van der Waals surface area (Å²) in [5.41, 5.74) is 1.19. The smallest absolute Gasteiger partial charge is 0.122 e. The molecule has 0 aromatic heterocycles. The maximum absolute atomic E-state index is 6.07. The van der Waals surface area contributed by atoms with Crippen molar-refractivity contribution in [3.63, 3.8) is 0 Å². The molecule has 0 radical (unpaired) electrons. The molecule has 2 atom stereocenters. The Hall–Kier alpha value is -0.730. The predicted molar refractivity (Wildman–Crippen MR) is 83.2 cm³/mol. The van der Waals surface area contributed by atoms with Crippen LogP contribution >= 0.6 is 11.6 Å². The van der Waals surface area contributed by atoms with Gasteiger partial charge < -0.3 is 10.1 Å². The minimum atomic E-state index is 0.537. The van der Waals surface area contributed by atoms with Crippen molar-refractivity contribution in [1.29, 1.82) is 0 Å². The van der Waals surface area contributed by atoms with Crippen LogP contribution in [0.1, 0.15) is 33.3 Å².